The Bertz CT molecular complexity index is 571. The fourth-order valence-corrected chi connectivity index (χ4v) is 3.58. The van der Waals surface area contributed by atoms with Gasteiger partial charge in [-0.1, -0.05) is 32.0 Å². The summed E-state index contributed by atoms with van der Waals surface area (Å²) in [5.74, 6) is 2.38. The van der Waals surface area contributed by atoms with Crippen molar-refractivity contribution < 1.29 is 4.74 Å². The number of piperidine rings is 1. The molecular formula is C18H27N3O. The van der Waals surface area contributed by atoms with Crippen molar-refractivity contribution in [3.63, 3.8) is 0 Å². The maximum absolute atomic E-state index is 6.27. The number of benzene rings is 1. The van der Waals surface area contributed by atoms with Gasteiger partial charge in [0.2, 0.25) is 0 Å². The number of nitrogens with two attached hydrogens (primary N) is 1. The third kappa shape index (κ3) is 2.79. The molecule has 1 aliphatic heterocycles. The summed E-state index contributed by atoms with van der Waals surface area (Å²) >= 11 is 0. The fourth-order valence-electron chi connectivity index (χ4n) is 3.58. The van der Waals surface area contributed by atoms with E-state index in [1.165, 1.54) is 18.4 Å². The highest BCUT2D eigenvalue weighted by Gasteiger charge is 2.53. The molecule has 2 aliphatic rings. The van der Waals surface area contributed by atoms with Gasteiger partial charge < -0.3 is 15.4 Å². The van der Waals surface area contributed by atoms with Gasteiger partial charge in [-0.05, 0) is 31.2 Å². The lowest BCUT2D eigenvalue weighted by Gasteiger charge is -2.31. The second-order valence-electron chi connectivity index (χ2n) is 7.02. The van der Waals surface area contributed by atoms with Crippen molar-refractivity contribution in [2.24, 2.45) is 16.6 Å². The zero-order chi connectivity index (χ0) is 15.7. The molecule has 120 valence electrons. The second kappa shape index (κ2) is 5.82. The van der Waals surface area contributed by atoms with E-state index in [4.69, 9.17) is 15.5 Å². The van der Waals surface area contributed by atoms with Gasteiger partial charge >= 0.3 is 0 Å². The molecule has 1 aliphatic carbocycles. The topological polar surface area (TPSA) is 50.9 Å². The first-order valence-electron chi connectivity index (χ1n) is 8.26. The molecule has 0 bridgehead atoms. The Balaban J connectivity index is 1.74. The molecule has 0 amide bonds. The Morgan fingerprint density at radius 3 is 2.91 bits per heavy atom. The van der Waals surface area contributed by atoms with Crippen LogP contribution in [-0.4, -0.2) is 37.1 Å². The van der Waals surface area contributed by atoms with Crippen LogP contribution in [0, 0.1) is 5.92 Å². The zero-order valence-electron chi connectivity index (χ0n) is 13.9. The summed E-state index contributed by atoms with van der Waals surface area (Å²) < 4.78 is 5.51. The highest BCUT2D eigenvalue weighted by atomic mass is 16.5. The minimum atomic E-state index is 0.0542. The standard InChI is InChI=1S/C18H27N3O/c1-13-7-6-10-21(12-13)17(19)20-16-11-18(16,2)14-8-4-5-9-15(14)22-3/h4-5,8-9,13,16H,6-7,10-12H2,1-3H3,(H2,19,20). The first-order valence-corrected chi connectivity index (χ1v) is 8.26. The van der Waals surface area contributed by atoms with Crippen LogP contribution >= 0.6 is 0 Å². The average molecular weight is 301 g/mol. The zero-order valence-corrected chi connectivity index (χ0v) is 13.9. The smallest absolute Gasteiger partial charge is 0.191 e. The number of para-hydroxylation sites is 1. The predicted molar refractivity (Wildman–Crippen MR) is 90.3 cm³/mol. The highest BCUT2D eigenvalue weighted by Crippen LogP contribution is 2.53. The van der Waals surface area contributed by atoms with E-state index in [-0.39, 0.29) is 11.5 Å². The maximum atomic E-state index is 6.27. The molecule has 0 radical (unpaired) electrons. The highest BCUT2D eigenvalue weighted by molar-refractivity contribution is 5.79. The van der Waals surface area contributed by atoms with Gasteiger partial charge in [-0.25, -0.2) is 4.99 Å². The number of hydrogen-bond donors (Lipinski definition) is 1. The molecule has 1 aromatic carbocycles. The number of nitrogens with zero attached hydrogens (tertiary/aromatic N) is 2. The second-order valence-corrected chi connectivity index (χ2v) is 7.02. The van der Waals surface area contributed by atoms with Gasteiger partial charge in [0.25, 0.3) is 0 Å². The maximum Gasteiger partial charge on any atom is 0.191 e. The quantitative estimate of drug-likeness (QED) is 0.690. The average Bonchev–Trinajstić information content (AvgIpc) is 3.18. The van der Waals surface area contributed by atoms with Gasteiger partial charge in [0.15, 0.2) is 5.96 Å². The van der Waals surface area contributed by atoms with Crippen molar-refractivity contribution in [3.8, 4) is 5.75 Å². The van der Waals surface area contributed by atoms with Crippen LogP contribution in [0.4, 0.5) is 0 Å². The van der Waals surface area contributed by atoms with E-state index >= 15 is 0 Å². The van der Waals surface area contributed by atoms with E-state index in [1.54, 1.807) is 7.11 Å². The van der Waals surface area contributed by atoms with Crippen LogP contribution in [0.15, 0.2) is 29.3 Å². The van der Waals surface area contributed by atoms with E-state index < -0.39 is 0 Å². The minimum absolute atomic E-state index is 0.0542. The lowest BCUT2D eigenvalue weighted by atomic mass is 9.96. The lowest BCUT2D eigenvalue weighted by molar-refractivity contribution is 0.270. The third-order valence-corrected chi connectivity index (χ3v) is 5.18. The van der Waals surface area contributed by atoms with Crippen LogP contribution in [0.2, 0.25) is 0 Å². The number of hydrogen-bond acceptors (Lipinski definition) is 2. The molecule has 2 fully saturated rings. The van der Waals surface area contributed by atoms with E-state index in [0.717, 1.165) is 31.2 Å². The number of methoxy groups -OCH3 is 1. The number of ether oxygens (including phenoxy) is 1. The van der Waals surface area contributed by atoms with E-state index in [0.29, 0.717) is 5.92 Å². The Morgan fingerprint density at radius 1 is 1.41 bits per heavy atom. The molecule has 4 heteroatoms. The fraction of sp³-hybridized carbons (Fsp3) is 0.611. The van der Waals surface area contributed by atoms with Gasteiger partial charge in [0.1, 0.15) is 5.75 Å². The lowest BCUT2D eigenvalue weighted by Crippen LogP contribution is -2.43. The molecular weight excluding hydrogens is 274 g/mol. The number of aliphatic imine (C=N–C) groups is 1. The molecule has 3 rings (SSSR count). The minimum Gasteiger partial charge on any atom is -0.496 e. The summed E-state index contributed by atoms with van der Waals surface area (Å²) in [5, 5.41) is 0. The van der Waals surface area contributed by atoms with Crippen molar-refractivity contribution in [1.29, 1.82) is 0 Å². The first-order chi connectivity index (χ1) is 10.5. The summed E-state index contributed by atoms with van der Waals surface area (Å²) in [4.78, 5) is 7.06. The molecule has 1 saturated heterocycles. The van der Waals surface area contributed by atoms with Gasteiger partial charge in [0.05, 0.1) is 13.2 Å². The Hall–Kier alpha value is -1.71. The third-order valence-electron chi connectivity index (χ3n) is 5.18. The molecule has 1 aromatic rings. The van der Waals surface area contributed by atoms with Crippen LogP contribution in [0.1, 0.15) is 38.7 Å². The van der Waals surface area contributed by atoms with Gasteiger partial charge in [-0.2, -0.15) is 0 Å². The van der Waals surface area contributed by atoms with E-state index in [1.807, 2.05) is 12.1 Å². The monoisotopic (exact) mass is 301 g/mol. The van der Waals surface area contributed by atoms with Crippen molar-refractivity contribution in [2.75, 3.05) is 20.2 Å². The number of guanidine groups is 1. The molecule has 3 atom stereocenters. The number of rotatable bonds is 3. The van der Waals surface area contributed by atoms with Crippen molar-refractivity contribution in [3.05, 3.63) is 29.8 Å². The van der Waals surface area contributed by atoms with Crippen LogP contribution < -0.4 is 10.5 Å². The molecule has 4 nitrogen and oxygen atoms in total. The van der Waals surface area contributed by atoms with E-state index in [2.05, 4.69) is 30.9 Å². The molecule has 0 spiro atoms. The van der Waals surface area contributed by atoms with Crippen molar-refractivity contribution in [1.82, 2.24) is 4.90 Å². The normalized spacial score (nSPS) is 32.0. The van der Waals surface area contributed by atoms with Crippen LogP contribution in [0.3, 0.4) is 0 Å². The molecule has 2 N–H and O–H groups in total. The van der Waals surface area contributed by atoms with Crippen LogP contribution in [-0.2, 0) is 5.41 Å². The summed E-state index contributed by atoms with van der Waals surface area (Å²) in [6.45, 7) is 6.62. The van der Waals surface area contributed by atoms with E-state index in [9.17, 15) is 0 Å². The van der Waals surface area contributed by atoms with Crippen molar-refractivity contribution in [2.45, 2.75) is 44.6 Å². The summed E-state index contributed by atoms with van der Waals surface area (Å²) in [6, 6.07) is 8.51. The Labute approximate surface area is 133 Å². The van der Waals surface area contributed by atoms with Crippen molar-refractivity contribution >= 4 is 5.96 Å². The van der Waals surface area contributed by atoms with Gasteiger partial charge in [-0.3, -0.25) is 0 Å². The molecule has 3 unspecified atom stereocenters. The summed E-state index contributed by atoms with van der Waals surface area (Å²) in [6.07, 6.45) is 3.55. The molecule has 1 heterocycles. The largest absolute Gasteiger partial charge is 0.496 e. The molecule has 22 heavy (non-hydrogen) atoms. The summed E-state index contributed by atoms with van der Waals surface area (Å²) in [5.41, 5.74) is 7.56. The number of likely N-dealkylation sites (tertiary alicyclic amines) is 1. The Kier molecular flexibility index (Phi) is 4.02. The molecule has 0 aromatic heterocycles. The Morgan fingerprint density at radius 2 is 2.18 bits per heavy atom. The molecule has 1 saturated carbocycles. The SMILES string of the molecule is COc1ccccc1C1(C)CC1N=C(N)N1CCCC(C)C1. The van der Waals surface area contributed by atoms with Gasteiger partial charge in [-0.15, -0.1) is 0 Å². The van der Waals surface area contributed by atoms with Crippen LogP contribution in [0.5, 0.6) is 5.75 Å². The first kappa shape index (κ1) is 15.2. The predicted octanol–water partition coefficient (Wildman–Crippen LogP) is 2.77. The summed E-state index contributed by atoms with van der Waals surface area (Å²) in [7, 11) is 1.73. The van der Waals surface area contributed by atoms with Crippen LogP contribution in [0.25, 0.3) is 0 Å². The van der Waals surface area contributed by atoms with Gasteiger partial charge in [0, 0.05) is 24.1 Å².